The lowest BCUT2D eigenvalue weighted by molar-refractivity contribution is -0.134. The van der Waals surface area contributed by atoms with Gasteiger partial charge in [0.2, 0.25) is 11.8 Å². The number of anilines is 2. The highest BCUT2D eigenvalue weighted by molar-refractivity contribution is 6.08. The molecular weight excluding hydrogens is 860 g/mol. The third-order valence-electron chi connectivity index (χ3n) is 13.6. The number of nitrogens with zero attached hydrogens (tertiary/aromatic N) is 9. The minimum absolute atomic E-state index is 0.0658. The van der Waals surface area contributed by atoms with E-state index in [2.05, 4.69) is 42.6 Å². The molecule has 2 unspecified atom stereocenters. The fraction of sp³-hybridized carbons (Fsp3) is 0.543. The first-order chi connectivity index (χ1) is 32.1. The molecule has 2 aliphatic carbocycles. The maximum Gasteiger partial charge on any atom is 0.284 e. The van der Waals surface area contributed by atoms with Crippen molar-refractivity contribution in [2.45, 2.75) is 101 Å². The number of rotatable bonds is 12. The van der Waals surface area contributed by atoms with E-state index in [4.69, 9.17) is 14.6 Å². The number of nitrogens with one attached hydrogen (secondary N) is 2. The van der Waals surface area contributed by atoms with Crippen LogP contribution < -0.4 is 15.5 Å². The zero-order chi connectivity index (χ0) is 45.5. The number of para-hydroxylation sites is 1. The minimum Gasteiger partial charge on any atom is -0.394 e. The van der Waals surface area contributed by atoms with E-state index in [1.54, 1.807) is 16.9 Å². The average Bonchev–Trinajstić information content (AvgIpc) is 3.74. The lowest BCUT2D eigenvalue weighted by Crippen LogP contribution is -2.47. The first kappa shape index (κ1) is 44.0. The van der Waals surface area contributed by atoms with E-state index in [1.807, 2.05) is 27.8 Å². The van der Waals surface area contributed by atoms with Crippen LogP contribution in [-0.4, -0.2) is 133 Å². The van der Waals surface area contributed by atoms with Crippen LogP contribution in [0.4, 0.5) is 24.7 Å². The van der Waals surface area contributed by atoms with Crippen molar-refractivity contribution in [1.29, 1.82) is 0 Å². The monoisotopic (exact) mass is 911 g/mol. The summed E-state index contributed by atoms with van der Waals surface area (Å²) in [5.74, 6) is 5.46. The first-order valence-electron chi connectivity index (χ1n) is 22.9. The molecule has 4 aromatic heterocycles. The summed E-state index contributed by atoms with van der Waals surface area (Å²) in [6, 6.07) is 7.61. The van der Waals surface area contributed by atoms with Crippen molar-refractivity contribution < 1.29 is 42.1 Å². The Morgan fingerprint density at radius 3 is 2.64 bits per heavy atom. The molecule has 5 aliphatic rings. The van der Waals surface area contributed by atoms with Gasteiger partial charge in [-0.3, -0.25) is 34.0 Å². The largest absolute Gasteiger partial charge is 0.394 e. The first-order valence-corrected chi connectivity index (χ1v) is 22.9. The van der Waals surface area contributed by atoms with Crippen molar-refractivity contribution in [3.63, 3.8) is 0 Å². The van der Waals surface area contributed by atoms with Gasteiger partial charge in [0.25, 0.3) is 12.3 Å². The van der Waals surface area contributed by atoms with Crippen molar-refractivity contribution in [3.05, 3.63) is 65.4 Å². The third kappa shape index (κ3) is 9.13. The molecule has 5 fully saturated rings. The summed E-state index contributed by atoms with van der Waals surface area (Å²) in [7, 11) is 0. The van der Waals surface area contributed by atoms with Gasteiger partial charge in [0.15, 0.2) is 11.3 Å². The quantitative estimate of drug-likeness (QED) is 0.116. The van der Waals surface area contributed by atoms with Crippen molar-refractivity contribution in [3.8, 4) is 11.8 Å². The molecule has 20 heteroatoms. The van der Waals surface area contributed by atoms with Crippen LogP contribution in [0.1, 0.15) is 110 Å². The Labute approximate surface area is 378 Å². The van der Waals surface area contributed by atoms with E-state index in [0.29, 0.717) is 69.4 Å². The van der Waals surface area contributed by atoms with Gasteiger partial charge in [-0.25, -0.2) is 22.7 Å². The molecule has 66 heavy (non-hydrogen) atoms. The van der Waals surface area contributed by atoms with E-state index in [-0.39, 0.29) is 73.1 Å². The van der Waals surface area contributed by atoms with Crippen molar-refractivity contribution >= 4 is 45.8 Å². The number of morpholine rings is 1. The van der Waals surface area contributed by atoms with Crippen LogP contribution in [0.15, 0.2) is 42.9 Å². The maximum absolute atomic E-state index is 15.6. The summed E-state index contributed by atoms with van der Waals surface area (Å²) in [5.41, 5.74) is 2.08. The van der Waals surface area contributed by atoms with Gasteiger partial charge in [-0.1, -0.05) is 24.0 Å². The molecular formula is C46H52F3N11O6. The lowest BCUT2D eigenvalue weighted by atomic mass is 9.85. The summed E-state index contributed by atoms with van der Waals surface area (Å²) >= 11 is 0. The number of piperidine rings is 2. The predicted octanol–water partition coefficient (Wildman–Crippen LogP) is 4.73. The summed E-state index contributed by atoms with van der Waals surface area (Å²) in [5, 5.41) is 28.9. The fourth-order valence-electron chi connectivity index (χ4n) is 9.92. The number of amides is 3. The smallest absolute Gasteiger partial charge is 0.284 e. The number of halogens is 3. The minimum atomic E-state index is -2.92. The normalized spacial score (nSPS) is 25.3. The number of hydrogen-bond acceptors (Lipinski definition) is 12. The van der Waals surface area contributed by atoms with Gasteiger partial charge in [0.05, 0.1) is 72.1 Å². The second-order valence-electron chi connectivity index (χ2n) is 18.1. The summed E-state index contributed by atoms with van der Waals surface area (Å²) in [4.78, 5) is 46.8. The van der Waals surface area contributed by atoms with E-state index >= 15 is 4.39 Å². The van der Waals surface area contributed by atoms with Crippen LogP contribution in [0.3, 0.4) is 0 Å². The molecule has 10 rings (SSSR count). The average molecular weight is 912 g/mol. The van der Waals surface area contributed by atoms with Crippen LogP contribution >= 0.6 is 0 Å². The van der Waals surface area contributed by atoms with Gasteiger partial charge >= 0.3 is 0 Å². The SMILES string of the molecule is O=C1CCC(c2nn(C3CC3)c3c(C#CCO[C@H]4CCN(CC5CCC(n6cc(NC(=O)c7cnn8ccc(N9CCOC(CO)C9)nc78)c(C(F)F)n6)CC5)C[C@H]4F)cccc23)C(=O)N1. The second-order valence-corrected chi connectivity index (χ2v) is 18.1. The molecule has 3 N–H and O–H groups in total. The number of carbonyl (C=O) groups excluding carboxylic acids is 3. The Morgan fingerprint density at radius 1 is 1.03 bits per heavy atom. The lowest BCUT2D eigenvalue weighted by Gasteiger charge is -2.38. The predicted molar refractivity (Wildman–Crippen MR) is 234 cm³/mol. The number of aliphatic hydroxyl groups is 1. The number of alkyl halides is 3. The summed E-state index contributed by atoms with van der Waals surface area (Å²) in [6.45, 7) is 2.98. The van der Waals surface area contributed by atoms with Gasteiger partial charge in [0.1, 0.15) is 24.2 Å². The molecule has 0 bridgehead atoms. The highest BCUT2D eigenvalue weighted by atomic mass is 19.3. The summed E-state index contributed by atoms with van der Waals surface area (Å²) in [6.07, 6.45) is 5.70. The number of ether oxygens (including phenoxy) is 2. The number of imide groups is 1. The Hall–Kier alpha value is -5.88. The highest BCUT2D eigenvalue weighted by Gasteiger charge is 2.36. The Kier molecular flexibility index (Phi) is 12.5. The molecule has 0 radical (unpaired) electrons. The number of hydrogen-bond donors (Lipinski definition) is 3. The number of likely N-dealkylation sites (tertiary alicyclic amines) is 1. The van der Waals surface area contributed by atoms with Crippen molar-refractivity contribution in [1.82, 2.24) is 44.4 Å². The van der Waals surface area contributed by atoms with Crippen LogP contribution in [0, 0.1) is 17.8 Å². The fourth-order valence-corrected chi connectivity index (χ4v) is 9.92. The standard InChI is InChI=1S/C46H52F3N11O6/c47-35-24-56(16-14-37(35)66-19-2-4-28-3-1-5-32-40(33-12-13-39(62)53-45(33)63)55-60(42(28)32)30-10-11-30)22-27-6-8-29(9-7-27)59-25-36(41(54-59)43(48)49)51-46(64)34-21-50-58-17-15-38(52-44(34)58)57-18-20-65-31(23-57)26-61/h1,3,5,15,17,21,25,27,29-31,33,35,37,43,61H,6-14,16,18-20,22-24,26H2,(H,51,64)(H,53,62,63)/t27?,29?,31?,33?,35-,37+/m1/s1. The number of aliphatic hydroxyl groups excluding tert-OH is 1. The summed E-state index contributed by atoms with van der Waals surface area (Å²) < 4.78 is 60.7. The van der Waals surface area contributed by atoms with Crippen molar-refractivity contribution in [2.24, 2.45) is 5.92 Å². The number of fused-ring (bicyclic) bond motifs is 2. The van der Waals surface area contributed by atoms with Gasteiger partial charge in [-0.05, 0) is 69.4 Å². The van der Waals surface area contributed by atoms with Crippen LogP contribution in [0.25, 0.3) is 16.6 Å². The Morgan fingerprint density at radius 2 is 1.86 bits per heavy atom. The molecule has 4 atom stereocenters. The van der Waals surface area contributed by atoms with Gasteiger partial charge in [-0.2, -0.15) is 15.3 Å². The third-order valence-corrected chi connectivity index (χ3v) is 13.6. The number of aromatic nitrogens is 7. The molecule has 5 aromatic rings. The molecule has 3 saturated heterocycles. The van der Waals surface area contributed by atoms with Gasteiger partial charge < -0.3 is 24.8 Å². The Balaban J connectivity index is 0.712. The highest BCUT2D eigenvalue weighted by Crippen LogP contribution is 2.41. The molecule has 2 saturated carbocycles. The maximum atomic E-state index is 15.6. The molecule has 3 amide bonds. The van der Waals surface area contributed by atoms with Gasteiger partial charge in [-0.15, -0.1) is 0 Å². The van der Waals surface area contributed by atoms with Crippen molar-refractivity contribution in [2.75, 3.05) is 62.8 Å². The second kappa shape index (κ2) is 18.8. The topological polar surface area (TPSA) is 186 Å². The van der Waals surface area contributed by atoms with Crippen LogP contribution in [0.2, 0.25) is 0 Å². The van der Waals surface area contributed by atoms with Crippen LogP contribution in [-0.2, 0) is 19.1 Å². The molecule has 7 heterocycles. The Bertz CT molecular complexity index is 2680. The van der Waals surface area contributed by atoms with E-state index in [0.717, 1.165) is 48.7 Å². The van der Waals surface area contributed by atoms with E-state index < -0.39 is 36.2 Å². The molecule has 17 nitrogen and oxygen atoms in total. The molecule has 348 valence electrons. The van der Waals surface area contributed by atoms with E-state index in [9.17, 15) is 28.3 Å². The molecule has 0 spiro atoms. The van der Waals surface area contributed by atoms with Crippen LogP contribution in [0.5, 0.6) is 0 Å². The van der Waals surface area contributed by atoms with Gasteiger partial charge in [0, 0.05) is 56.9 Å². The zero-order valence-electron chi connectivity index (χ0n) is 36.3. The molecule has 1 aromatic carbocycles. The molecule has 3 aliphatic heterocycles. The number of benzene rings is 1. The number of carbonyl (C=O) groups is 3. The zero-order valence-corrected chi connectivity index (χ0v) is 36.3. The van der Waals surface area contributed by atoms with E-state index in [1.165, 1.54) is 16.9 Å².